The highest BCUT2D eigenvalue weighted by atomic mass is 32.2. The summed E-state index contributed by atoms with van der Waals surface area (Å²) in [7, 11) is 0. The van der Waals surface area contributed by atoms with Crippen molar-refractivity contribution >= 4 is 23.4 Å². The van der Waals surface area contributed by atoms with Gasteiger partial charge in [-0.05, 0) is 31.4 Å². The van der Waals surface area contributed by atoms with E-state index in [1.807, 2.05) is 12.3 Å². The van der Waals surface area contributed by atoms with Crippen LogP contribution in [0.1, 0.15) is 38.5 Å². The Bertz CT molecular complexity index is 527. The summed E-state index contributed by atoms with van der Waals surface area (Å²) >= 11 is 1.59. The highest BCUT2D eigenvalue weighted by molar-refractivity contribution is 7.99. The van der Waals surface area contributed by atoms with Crippen molar-refractivity contribution in [3.63, 3.8) is 0 Å². The van der Waals surface area contributed by atoms with E-state index in [4.69, 9.17) is 0 Å². The molecule has 0 unspecified atom stereocenters. The summed E-state index contributed by atoms with van der Waals surface area (Å²) in [6, 6.07) is 1.70. The first-order valence-electron chi connectivity index (χ1n) is 8.88. The fraction of sp³-hybridized carbons (Fsp3) is 0.765. The van der Waals surface area contributed by atoms with Gasteiger partial charge in [0, 0.05) is 17.9 Å². The van der Waals surface area contributed by atoms with E-state index in [0.29, 0.717) is 5.82 Å². The maximum Gasteiger partial charge on any atom is 0.131 e. The number of nitrogens with zero attached hydrogens (tertiary/aromatic N) is 2. The molecule has 1 heterocycles. The number of rotatable bonds is 6. The van der Waals surface area contributed by atoms with Crippen molar-refractivity contribution in [2.45, 2.75) is 62.0 Å². The van der Waals surface area contributed by atoms with Crippen LogP contribution >= 0.6 is 11.8 Å². The van der Waals surface area contributed by atoms with Crippen LogP contribution in [0, 0.1) is 5.92 Å². The predicted molar refractivity (Wildman–Crippen MR) is 98.4 cm³/mol. The largest absolute Gasteiger partial charge is 0.389 e. The number of aromatic nitrogens is 2. The second-order valence-corrected chi connectivity index (χ2v) is 7.99. The van der Waals surface area contributed by atoms with Gasteiger partial charge in [0.2, 0.25) is 0 Å². The third-order valence-electron chi connectivity index (χ3n) is 5.23. The van der Waals surface area contributed by atoms with E-state index in [0.717, 1.165) is 24.7 Å². The van der Waals surface area contributed by atoms with Gasteiger partial charge in [-0.2, -0.15) is 11.8 Å². The zero-order valence-electron chi connectivity index (χ0n) is 14.2. The molecular formula is C17H28N4O2S. The van der Waals surface area contributed by atoms with E-state index in [9.17, 15) is 10.2 Å². The van der Waals surface area contributed by atoms with Gasteiger partial charge in [-0.3, -0.25) is 0 Å². The van der Waals surface area contributed by atoms with Gasteiger partial charge in [0.25, 0.3) is 0 Å². The topological polar surface area (TPSA) is 90.3 Å². The molecule has 24 heavy (non-hydrogen) atoms. The van der Waals surface area contributed by atoms with E-state index in [-0.39, 0.29) is 11.3 Å². The molecule has 2 fully saturated rings. The summed E-state index contributed by atoms with van der Waals surface area (Å²) in [6.07, 6.45) is 9.39. The molecule has 0 spiro atoms. The molecule has 134 valence electrons. The number of hydrogen-bond acceptors (Lipinski definition) is 7. The third kappa shape index (κ3) is 4.32. The maximum absolute atomic E-state index is 10.2. The Morgan fingerprint density at radius 3 is 2.58 bits per heavy atom. The lowest BCUT2D eigenvalue weighted by Gasteiger charge is -2.22. The van der Waals surface area contributed by atoms with Crippen LogP contribution in [0.15, 0.2) is 12.4 Å². The lowest BCUT2D eigenvalue weighted by Crippen LogP contribution is -2.35. The van der Waals surface area contributed by atoms with Crippen LogP contribution in [0.4, 0.5) is 11.6 Å². The number of nitrogens with one attached hydrogen (secondary N) is 2. The van der Waals surface area contributed by atoms with Crippen molar-refractivity contribution in [3.8, 4) is 0 Å². The minimum Gasteiger partial charge on any atom is -0.389 e. The van der Waals surface area contributed by atoms with Gasteiger partial charge in [0.1, 0.15) is 24.1 Å². The number of hydrogen-bond donors (Lipinski definition) is 4. The van der Waals surface area contributed by atoms with Crippen LogP contribution in [-0.2, 0) is 0 Å². The Labute approximate surface area is 147 Å². The molecule has 1 aromatic heterocycles. The molecule has 0 aromatic carbocycles. The van der Waals surface area contributed by atoms with E-state index in [1.54, 1.807) is 11.8 Å². The number of aliphatic hydroxyl groups is 2. The number of anilines is 2. The Hall–Kier alpha value is -1.05. The van der Waals surface area contributed by atoms with Crippen molar-refractivity contribution in [1.29, 1.82) is 0 Å². The van der Waals surface area contributed by atoms with Gasteiger partial charge < -0.3 is 20.8 Å². The van der Waals surface area contributed by atoms with Gasteiger partial charge >= 0.3 is 0 Å². The van der Waals surface area contributed by atoms with Crippen molar-refractivity contribution < 1.29 is 10.2 Å². The normalized spacial score (nSPS) is 31.1. The Balaban J connectivity index is 1.55. The molecule has 0 radical (unpaired) electrons. The van der Waals surface area contributed by atoms with Crippen LogP contribution in [-0.4, -0.2) is 56.5 Å². The molecule has 1 aromatic rings. The first kappa shape index (κ1) is 17.8. The second kappa shape index (κ2) is 8.36. The quantitative estimate of drug-likeness (QED) is 0.623. The maximum atomic E-state index is 10.2. The minimum atomic E-state index is -0.768. The average molecular weight is 353 g/mol. The summed E-state index contributed by atoms with van der Waals surface area (Å²) in [5.74, 6) is 2.24. The molecule has 0 amide bonds. The van der Waals surface area contributed by atoms with E-state index in [1.165, 1.54) is 38.4 Å². The molecule has 2 aliphatic carbocycles. The van der Waals surface area contributed by atoms with E-state index >= 15 is 0 Å². The highest BCUT2D eigenvalue weighted by Gasteiger charge is 2.41. The SMILES string of the molecule is CS[C@@H]1C[C@@H](Nc2cc(NCC3CCCCC3)ncn2)[C@H](O)[C@H]1O. The minimum absolute atomic E-state index is 0.0586. The second-order valence-electron chi connectivity index (χ2n) is 6.92. The Morgan fingerprint density at radius 2 is 1.88 bits per heavy atom. The van der Waals surface area contributed by atoms with Gasteiger partial charge in [0.15, 0.2) is 0 Å². The number of aliphatic hydroxyl groups excluding tert-OH is 2. The van der Waals surface area contributed by atoms with Crippen molar-refractivity contribution in [3.05, 3.63) is 12.4 Å². The lowest BCUT2D eigenvalue weighted by atomic mass is 9.89. The Kier molecular flexibility index (Phi) is 6.19. The molecule has 3 rings (SSSR count). The summed E-state index contributed by atoms with van der Waals surface area (Å²) in [6.45, 7) is 0.954. The molecule has 0 saturated heterocycles. The van der Waals surface area contributed by atoms with Crippen LogP contribution < -0.4 is 10.6 Å². The number of thioether (sulfide) groups is 1. The highest BCUT2D eigenvalue weighted by Crippen LogP contribution is 2.31. The average Bonchev–Trinajstić information content (AvgIpc) is 2.89. The van der Waals surface area contributed by atoms with Crippen LogP contribution in [0.3, 0.4) is 0 Å². The van der Waals surface area contributed by atoms with Crippen molar-refractivity contribution in [1.82, 2.24) is 9.97 Å². The summed E-state index contributed by atoms with van der Waals surface area (Å²) in [5.41, 5.74) is 0. The van der Waals surface area contributed by atoms with Crippen molar-refractivity contribution in [2.24, 2.45) is 5.92 Å². The zero-order chi connectivity index (χ0) is 16.9. The molecule has 0 aliphatic heterocycles. The first-order valence-corrected chi connectivity index (χ1v) is 10.2. The standard InChI is InChI=1S/C17H28N4O2S/c1-24-13-7-12(16(22)17(13)23)21-15-8-14(19-10-20-15)18-9-11-5-3-2-4-6-11/h8,10-13,16-17,22-23H,2-7,9H2,1H3,(H2,18,19,20,21)/t12-,13-,16+,17+/m1/s1. The summed E-state index contributed by atoms with van der Waals surface area (Å²) in [5, 5.41) is 26.9. The summed E-state index contributed by atoms with van der Waals surface area (Å²) in [4.78, 5) is 8.53. The third-order valence-corrected chi connectivity index (χ3v) is 6.31. The molecule has 0 bridgehead atoms. The zero-order valence-corrected chi connectivity index (χ0v) is 15.0. The lowest BCUT2D eigenvalue weighted by molar-refractivity contribution is 0.0414. The molecule has 2 aliphatic rings. The molecule has 7 heteroatoms. The first-order chi connectivity index (χ1) is 11.7. The fourth-order valence-electron chi connectivity index (χ4n) is 3.73. The fourth-order valence-corrected chi connectivity index (χ4v) is 4.57. The Morgan fingerprint density at radius 1 is 1.12 bits per heavy atom. The van der Waals surface area contributed by atoms with Crippen LogP contribution in [0.25, 0.3) is 0 Å². The van der Waals surface area contributed by atoms with Crippen LogP contribution in [0.5, 0.6) is 0 Å². The predicted octanol–water partition coefficient (Wildman–Crippen LogP) is 2.11. The van der Waals surface area contributed by atoms with E-state index < -0.39 is 12.2 Å². The van der Waals surface area contributed by atoms with Gasteiger partial charge in [-0.15, -0.1) is 0 Å². The van der Waals surface area contributed by atoms with Gasteiger partial charge in [-0.25, -0.2) is 9.97 Å². The van der Waals surface area contributed by atoms with Gasteiger partial charge in [0.05, 0.1) is 12.1 Å². The van der Waals surface area contributed by atoms with Crippen LogP contribution in [0.2, 0.25) is 0 Å². The smallest absolute Gasteiger partial charge is 0.131 e. The monoisotopic (exact) mass is 352 g/mol. The summed E-state index contributed by atoms with van der Waals surface area (Å²) < 4.78 is 0. The molecule has 4 N–H and O–H groups in total. The van der Waals surface area contributed by atoms with Crippen molar-refractivity contribution in [2.75, 3.05) is 23.4 Å². The molecule has 4 atom stereocenters. The molecular weight excluding hydrogens is 324 g/mol. The van der Waals surface area contributed by atoms with Gasteiger partial charge in [-0.1, -0.05) is 19.3 Å². The molecule has 2 saturated carbocycles. The molecule has 6 nitrogen and oxygen atoms in total. The van der Waals surface area contributed by atoms with E-state index in [2.05, 4.69) is 20.6 Å².